The van der Waals surface area contributed by atoms with Crippen LogP contribution in [0.25, 0.3) is 0 Å². The summed E-state index contributed by atoms with van der Waals surface area (Å²) in [6, 6.07) is 6.93. The molecule has 0 aliphatic heterocycles. The molecule has 1 rings (SSSR count). The molecule has 0 spiro atoms. The smallest absolute Gasteiger partial charge is 0.305 e. The van der Waals surface area contributed by atoms with Crippen molar-refractivity contribution in [3.05, 3.63) is 29.8 Å². The average Bonchev–Trinajstić information content (AvgIpc) is 2.46. The first-order valence-corrected chi connectivity index (χ1v) is 7.98. The summed E-state index contributed by atoms with van der Waals surface area (Å²) in [5.41, 5.74) is 0.771. The zero-order valence-electron chi connectivity index (χ0n) is 12.5. The maximum absolute atomic E-state index is 12.0. The number of aliphatic carboxylic acids is 1. The summed E-state index contributed by atoms with van der Waals surface area (Å²) in [6.45, 7) is 3.88. The van der Waals surface area contributed by atoms with Gasteiger partial charge in [0.2, 0.25) is 5.91 Å². The zero-order valence-corrected chi connectivity index (χ0v) is 13.3. The lowest BCUT2D eigenvalue weighted by atomic mass is 10.0. The number of amides is 1. The number of hydrogen-bond acceptors (Lipinski definition) is 4. The van der Waals surface area contributed by atoms with Crippen molar-refractivity contribution in [2.45, 2.75) is 37.3 Å². The van der Waals surface area contributed by atoms with Gasteiger partial charge >= 0.3 is 5.97 Å². The topological polar surface area (TPSA) is 75.6 Å². The van der Waals surface area contributed by atoms with E-state index in [1.165, 1.54) is 0 Å². The first kappa shape index (κ1) is 17.5. The quantitative estimate of drug-likeness (QED) is 0.721. The molecule has 1 aromatic rings. The van der Waals surface area contributed by atoms with Gasteiger partial charge in [-0.2, -0.15) is 0 Å². The Bertz CT molecular complexity index is 475. The summed E-state index contributed by atoms with van der Waals surface area (Å²) in [6.07, 6.45) is 1.20. The average molecular weight is 311 g/mol. The van der Waals surface area contributed by atoms with Crippen molar-refractivity contribution < 1.29 is 19.4 Å². The fraction of sp³-hybridized carbons (Fsp3) is 0.467. The predicted octanol–water partition coefficient (Wildman–Crippen LogP) is 2.47. The van der Waals surface area contributed by atoms with Gasteiger partial charge in [-0.25, -0.2) is 0 Å². The first-order valence-electron chi connectivity index (χ1n) is 6.75. The number of ether oxygens (including phenoxy) is 1. The maximum atomic E-state index is 12.0. The molecular formula is C15H21NO4S. The Kier molecular flexibility index (Phi) is 7.25. The fourth-order valence-corrected chi connectivity index (χ4v) is 2.29. The summed E-state index contributed by atoms with van der Waals surface area (Å²) in [5, 5.41) is 11.7. The number of carbonyl (C=O) groups is 2. The number of carboxylic acid groups (broad SMARTS) is 1. The molecular weight excluding hydrogens is 290 g/mol. The Morgan fingerprint density at radius 1 is 1.33 bits per heavy atom. The molecule has 0 heterocycles. The number of nitrogens with one attached hydrogen (secondary N) is 1. The number of carboxylic acids is 1. The molecule has 6 heteroatoms. The van der Waals surface area contributed by atoms with Gasteiger partial charge < -0.3 is 15.2 Å². The van der Waals surface area contributed by atoms with Gasteiger partial charge in [-0.3, -0.25) is 9.59 Å². The molecule has 1 aromatic carbocycles. The van der Waals surface area contributed by atoms with E-state index in [-0.39, 0.29) is 12.3 Å². The minimum absolute atomic E-state index is 0.163. The number of benzene rings is 1. The minimum Gasteiger partial charge on any atom is -0.481 e. The highest BCUT2D eigenvalue weighted by atomic mass is 32.2. The maximum Gasteiger partial charge on any atom is 0.305 e. The Hall–Kier alpha value is -1.53. The van der Waals surface area contributed by atoms with E-state index in [1.807, 2.05) is 30.5 Å². The molecule has 1 amide bonds. The molecule has 0 aromatic heterocycles. The molecule has 0 saturated heterocycles. The lowest BCUT2D eigenvalue weighted by Crippen LogP contribution is -2.38. The number of carbonyl (C=O) groups excluding carboxylic acids is 1. The van der Waals surface area contributed by atoms with Crippen LogP contribution in [0.1, 0.15) is 31.9 Å². The molecule has 0 aliphatic carbocycles. The summed E-state index contributed by atoms with van der Waals surface area (Å²) in [5.74, 6) is -1.27. The van der Waals surface area contributed by atoms with Gasteiger partial charge in [-0.15, -0.1) is 11.8 Å². The van der Waals surface area contributed by atoms with E-state index in [0.717, 1.165) is 10.5 Å². The fourth-order valence-electron chi connectivity index (χ4n) is 1.88. The molecule has 0 fully saturated rings. The van der Waals surface area contributed by atoms with E-state index in [2.05, 4.69) is 5.32 Å². The van der Waals surface area contributed by atoms with Crippen molar-refractivity contribution in [2.24, 2.45) is 0 Å². The number of rotatable bonds is 8. The predicted molar refractivity (Wildman–Crippen MR) is 82.4 cm³/mol. The molecule has 21 heavy (non-hydrogen) atoms. The SMILES string of the molecule is CCOC(C)C(=O)NC(CC(=O)O)c1ccc(SC)cc1. The molecule has 5 nitrogen and oxygen atoms in total. The Morgan fingerprint density at radius 2 is 1.95 bits per heavy atom. The molecule has 0 saturated carbocycles. The standard InChI is InChI=1S/C15H21NO4S/c1-4-20-10(2)15(19)16-13(9-14(17)18)11-5-7-12(21-3)8-6-11/h5-8,10,13H,4,9H2,1-3H3,(H,16,19)(H,17,18). The van der Waals surface area contributed by atoms with E-state index in [0.29, 0.717) is 6.61 Å². The third-order valence-corrected chi connectivity index (χ3v) is 3.74. The van der Waals surface area contributed by atoms with Gasteiger partial charge in [0.25, 0.3) is 0 Å². The van der Waals surface area contributed by atoms with Crippen LogP contribution < -0.4 is 5.32 Å². The van der Waals surface area contributed by atoms with Crippen molar-refractivity contribution in [2.75, 3.05) is 12.9 Å². The molecule has 0 bridgehead atoms. The van der Waals surface area contributed by atoms with Crippen LogP contribution in [0, 0.1) is 0 Å². The third-order valence-electron chi connectivity index (χ3n) is 3.00. The molecule has 2 atom stereocenters. The van der Waals surface area contributed by atoms with Crippen LogP contribution in [0.3, 0.4) is 0 Å². The molecule has 0 aliphatic rings. The molecule has 0 radical (unpaired) electrons. The van der Waals surface area contributed by atoms with Crippen molar-refractivity contribution in [3.8, 4) is 0 Å². The van der Waals surface area contributed by atoms with Gasteiger partial charge in [0.1, 0.15) is 6.10 Å². The second-order valence-corrected chi connectivity index (χ2v) is 5.41. The lowest BCUT2D eigenvalue weighted by Gasteiger charge is -2.20. The zero-order chi connectivity index (χ0) is 15.8. The minimum atomic E-state index is -0.960. The van der Waals surface area contributed by atoms with E-state index >= 15 is 0 Å². The van der Waals surface area contributed by atoms with E-state index in [4.69, 9.17) is 9.84 Å². The number of hydrogen-bond donors (Lipinski definition) is 2. The van der Waals surface area contributed by atoms with Crippen LogP contribution in [0.2, 0.25) is 0 Å². The summed E-state index contributed by atoms with van der Waals surface area (Å²) >= 11 is 1.60. The Labute approximate surface area is 129 Å². The Morgan fingerprint density at radius 3 is 2.43 bits per heavy atom. The second kappa shape index (κ2) is 8.69. The molecule has 116 valence electrons. The normalized spacial score (nSPS) is 13.5. The number of thioether (sulfide) groups is 1. The lowest BCUT2D eigenvalue weighted by molar-refractivity contribution is -0.138. The van der Waals surface area contributed by atoms with Gasteiger partial charge in [0, 0.05) is 11.5 Å². The second-order valence-electron chi connectivity index (χ2n) is 4.53. The molecule has 2 N–H and O–H groups in total. The highest BCUT2D eigenvalue weighted by molar-refractivity contribution is 7.98. The van der Waals surface area contributed by atoms with Crippen molar-refractivity contribution >= 4 is 23.6 Å². The van der Waals surface area contributed by atoms with Gasteiger partial charge in [0.15, 0.2) is 0 Å². The van der Waals surface area contributed by atoms with Crippen molar-refractivity contribution in [1.29, 1.82) is 0 Å². The van der Waals surface area contributed by atoms with Crippen LogP contribution in [0.15, 0.2) is 29.2 Å². The van der Waals surface area contributed by atoms with Crippen molar-refractivity contribution in [1.82, 2.24) is 5.32 Å². The highest BCUT2D eigenvalue weighted by Gasteiger charge is 2.21. The van der Waals surface area contributed by atoms with Crippen molar-refractivity contribution in [3.63, 3.8) is 0 Å². The van der Waals surface area contributed by atoms with Crippen LogP contribution in [-0.2, 0) is 14.3 Å². The summed E-state index contributed by atoms with van der Waals surface area (Å²) in [4.78, 5) is 24.1. The molecule has 2 unspecified atom stereocenters. The largest absolute Gasteiger partial charge is 0.481 e. The third kappa shape index (κ3) is 5.77. The highest BCUT2D eigenvalue weighted by Crippen LogP contribution is 2.21. The van der Waals surface area contributed by atoms with Crippen LogP contribution in [0.5, 0.6) is 0 Å². The van der Waals surface area contributed by atoms with Gasteiger partial charge in [-0.1, -0.05) is 12.1 Å². The summed E-state index contributed by atoms with van der Waals surface area (Å²) in [7, 11) is 0. The van der Waals surface area contributed by atoms with Gasteiger partial charge in [-0.05, 0) is 37.8 Å². The summed E-state index contributed by atoms with van der Waals surface area (Å²) < 4.78 is 5.22. The van der Waals surface area contributed by atoms with E-state index in [9.17, 15) is 9.59 Å². The monoisotopic (exact) mass is 311 g/mol. The van der Waals surface area contributed by atoms with Crippen LogP contribution in [-0.4, -0.2) is 35.9 Å². The van der Waals surface area contributed by atoms with E-state index in [1.54, 1.807) is 25.6 Å². The van der Waals surface area contributed by atoms with Crippen LogP contribution in [0.4, 0.5) is 0 Å². The first-order chi connectivity index (χ1) is 9.97. The Balaban J connectivity index is 2.84. The van der Waals surface area contributed by atoms with Gasteiger partial charge in [0.05, 0.1) is 12.5 Å². The van der Waals surface area contributed by atoms with Crippen LogP contribution >= 0.6 is 11.8 Å². The van der Waals surface area contributed by atoms with E-state index < -0.39 is 18.1 Å².